The molecular formula is C16H23N3O3. The van der Waals surface area contributed by atoms with E-state index in [9.17, 15) is 9.59 Å². The molecule has 0 aromatic carbocycles. The summed E-state index contributed by atoms with van der Waals surface area (Å²) in [4.78, 5) is 29.7. The fourth-order valence-electron chi connectivity index (χ4n) is 2.55. The standard InChI is InChI=1S/C16H23N3O3/c1-22-10-6-15(20)18-11-13-4-8-19(9-5-13)16(21)14-3-2-7-17-12-14/h2-3,7,12-13H,4-6,8-11H2,1H3,(H,18,20). The minimum atomic E-state index is 0.0238. The lowest BCUT2D eigenvalue weighted by molar-refractivity contribution is -0.122. The number of piperidine rings is 1. The number of hydrogen-bond donors (Lipinski definition) is 1. The van der Waals surface area contributed by atoms with E-state index in [0.29, 0.717) is 31.1 Å². The molecule has 0 radical (unpaired) electrons. The van der Waals surface area contributed by atoms with Crippen LogP contribution in [0.5, 0.6) is 0 Å². The molecule has 0 atom stereocenters. The lowest BCUT2D eigenvalue weighted by atomic mass is 9.96. The van der Waals surface area contributed by atoms with Crippen LogP contribution >= 0.6 is 0 Å². The van der Waals surface area contributed by atoms with Gasteiger partial charge in [0.15, 0.2) is 0 Å². The second-order valence-electron chi connectivity index (χ2n) is 5.52. The van der Waals surface area contributed by atoms with Crippen LogP contribution in [0.1, 0.15) is 29.6 Å². The third kappa shape index (κ3) is 4.80. The molecule has 1 aromatic heterocycles. The van der Waals surface area contributed by atoms with Gasteiger partial charge in [-0.25, -0.2) is 0 Å². The molecule has 6 nitrogen and oxygen atoms in total. The molecule has 0 aliphatic carbocycles. The number of rotatable bonds is 6. The second-order valence-corrected chi connectivity index (χ2v) is 5.52. The summed E-state index contributed by atoms with van der Waals surface area (Å²) in [5, 5.41) is 2.93. The van der Waals surface area contributed by atoms with Gasteiger partial charge in [0.1, 0.15) is 0 Å². The molecule has 2 heterocycles. The predicted molar refractivity (Wildman–Crippen MR) is 82.4 cm³/mol. The topological polar surface area (TPSA) is 71.5 Å². The summed E-state index contributed by atoms with van der Waals surface area (Å²) >= 11 is 0. The molecule has 0 saturated carbocycles. The normalized spacial score (nSPS) is 15.6. The summed E-state index contributed by atoms with van der Waals surface area (Å²) in [7, 11) is 1.59. The summed E-state index contributed by atoms with van der Waals surface area (Å²) in [6.45, 7) is 2.58. The largest absolute Gasteiger partial charge is 0.384 e. The summed E-state index contributed by atoms with van der Waals surface area (Å²) in [5.41, 5.74) is 0.633. The molecular weight excluding hydrogens is 282 g/mol. The van der Waals surface area contributed by atoms with Crippen LogP contribution in [0.25, 0.3) is 0 Å². The zero-order valence-corrected chi connectivity index (χ0v) is 13.0. The van der Waals surface area contributed by atoms with Crippen LogP contribution in [-0.4, -0.2) is 55.0 Å². The van der Waals surface area contributed by atoms with Crippen molar-refractivity contribution in [2.75, 3.05) is 33.4 Å². The number of carbonyl (C=O) groups excluding carboxylic acids is 2. The van der Waals surface area contributed by atoms with Gasteiger partial charge >= 0.3 is 0 Å². The Balaban J connectivity index is 1.72. The Hall–Kier alpha value is -1.95. The first-order valence-electron chi connectivity index (χ1n) is 7.65. The highest BCUT2D eigenvalue weighted by molar-refractivity contribution is 5.93. The molecule has 1 aliphatic heterocycles. The Labute approximate surface area is 130 Å². The van der Waals surface area contributed by atoms with Crippen molar-refractivity contribution in [3.8, 4) is 0 Å². The number of likely N-dealkylation sites (tertiary alicyclic amines) is 1. The highest BCUT2D eigenvalue weighted by atomic mass is 16.5. The first kappa shape index (κ1) is 16.4. The molecule has 2 rings (SSSR count). The molecule has 1 aliphatic rings. The molecule has 120 valence electrons. The van der Waals surface area contributed by atoms with E-state index in [1.165, 1.54) is 0 Å². The maximum atomic E-state index is 12.3. The van der Waals surface area contributed by atoms with Crippen molar-refractivity contribution in [2.45, 2.75) is 19.3 Å². The Morgan fingerprint density at radius 2 is 2.18 bits per heavy atom. The van der Waals surface area contributed by atoms with Gasteiger partial charge in [-0.05, 0) is 30.9 Å². The van der Waals surface area contributed by atoms with Crippen molar-refractivity contribution >= 4 is 11.8 Å². The van der Waals surface area contributed by atoms with Gasteiger partial charge in [-0.1, -0.05) is 0 Å². The Bertz CT molecular complexity index is 485. The smallest absolute Gasteiger partial charge is 0.255 e. The summed E-state index contributed by atoms with van der Waals surface area (Å²) in [5.74, 6) is 0.496. The van der Waals surface area contributed by atoms with Crippen LogP contribution in [0.4, 0.5) is 0 Å². The number of hydrogen-bond acceptors (Lipinski definition) is 4. The highest BCUT2D eigenvalue weighted by Gasteiger charge is 2.23. The van der Waals surface area contributed by atoms with E-state index < -0.39 is 0 Å². The summed E-state index contributed by atoms with van der Waals surface area (Å²) in [6.07, 6.45) is 5.49. The molecule has 1 fully saturated rings. The van der Waals surface area contributed by atoms with Gasteiger partial charge in [-0.3, -0.25) is 14.6 Å². The summed E-state index contributed by atoms with van der Waals surface area (Å²) in [6, 6.07) is 3.56. The number of ether oxygens (including phenoxy) is 1. The molecule has 1 saturated heterocycles. The Morgan fingerprint density at radius 3 is 2.82 bits per heavy atom. The van der Waals surface area contributed by atoms with Gasteiger partial charge < -0.3 is 15.0 Å². The Kier molecular flexibility index (Phi) is 6.33. The van der Waals surface area contributed by atoms with E-state index >= 15 is 0 Å². The van der Waals surface area contributed by atoms with Crippen LogP contribution in [-0.2, 0) is 9.53 Å². The minimum Gasteiger partial charge on any atom is -0.384 e. The van der Waals surface area contributed by atoms with E-state index in [4.69, 9.17) is 4.74 Å². The van der Waals surface area contributed by atoms with Crippen LogP contribution in [0.15, 0.2) is 24.5 Å². The zero-order valence-electron chi connectivity index (χ0n) is 13.0. The van der Waals surface area contributed by atoms with Crippen molar-refractivity contribution in [2.24, 2.45) is 5.92 Å². The molecule has 1 aromatic rings. The van der Waals surface area contributed by atoms with E-state index in [1.54, 1.807) is 31.6 Å². The number of pyridine rings is 1. The van der Waals surface area contributed by atoms with Gasteiger partial charge in [0.05, 0.1) is 12.2 Å². The average molecular weight is 305 g/mol. The van der Waals surface area contributed by atoms with E-state index in [-0.39, 0.29) is 11.8 Å². The molecule has 22 heavy (non-hydrogen) atoms. The fourth-order valence-corrected chi connectivity index (χ4v) is 2.55. The predicted octanol–water partition coefficient (Wildman–Crippen LogP) is 1.09. The van der Waals surface area contributed by atoms with E-state index in [0.717, 1.165) is 25.9 Å². The average Bonchev–Trinajstić information content (AvgIpc) is 2.58. The maximum absolute atomic E-state index is 12.3. The van der Waals surface area contributed by atoms with E-state index in [1.807, 2.05) is 4.90 Å². The third-order valence-corrected chi connectivity index (χ3v) is 3.93. The van der Waals surface area contributed by atoms with Crippen molar-refractivity contribution in [3.63, 3.8) is 0 Å². The second kappa shape index (κ2) is 8.48. The lowest BCUT2D eigenvalue weighted by Gasteiger charge is -2.32. The van der Waals surface area contributed by atoms with Gasteiger partial charge in [0.2, 0.25) is 5.91 Å². The monoisotopic (exact) mass is 305 g/mol. The van der Waals surface area contributed by atoms with Gasteiger partial charge in [-0.2, -0.15) is 0 Å². The van der Waals surface area contributed by atoms with Crippen molar-refractivity contribution in [1.82, 2.24) is 15.2 Å². The number of methoxy groups -OCH3 is 1. The summed E-state index contributed by atoms with van der Waals surface area (Å²) < 4.78 is 4.88. The molecule has 0 unspecified atom stereocenters. The number of carbonyl (C=O) groups is 2. The SMILES string of the molecule is COCCC(=O)NCC1CCN(C(=O)c2cccnc2)CC1. The molecule has 0 bridgehead atoms. The quantitative estimate of drug-likeness (QED) is 0.854. The van der Waals surface area contributed by atoms with Crippen LogP contribution in [0.2, 0.25) is 0 Å². The van der Waals surface area contributed by atoms with Gasteiger partial charge in [-0.15, -0.1) is 0 Å². The number of amides is 2. The lowest BCUT2D eigenvalue weighted by Crippen LogP contribution is -2.41. The first-order valence-corrected chi connectivity index (χ1v) is 7.65. The molecule has 2 amide bonds. The zero-order chi connectivity index (χ0) is 15.8. The molecule has 0 spiro atoms. The third-order valence-electron chi connectivity index (χ3n) is 3.93. The van der Waals surface area contributed by atoms with Crippen molar-refractivity contribution in [1.29, 1.82) is 0 Å². The van der Waals surface area contributed by atoms with Gasteiger partial charge in [0, 0.05) is 45.6 Å². The first-order chi connectivity index (χ1) is 10.7. The number of aromatic nitrogens is 1. The fraction of sp³-hybridized carbons (Fsp3) is 0.562. The van der Waals surface area contributed by atoms with Gasteiger partial charge in [0.25, 0.3) is 5.91 Å². The van der Waals surface area contributed by atoms with Crippen LogP contribution in [0.3, 0.4) is 0 Å². The van der Waals surface area contributed by atoms with Crippen molar-refractivity contribution in [3.05, 3.63) is 30.1 Å². The maximum Gasteiger partial charge on any atom is 0.255 e. The molecule has 6 heteroatoms. The van der Waals surface area contributed by atoms with Crippen LogP contribution in [0, 0.1) is 5.92 Å². The van der Waals surface area contributed by atoms with Crippen molar-refractivity contribution < 1.29 is 14.3 Å². The Morgan fingerprint density at radius 1 is 1.41 bits per heavy atom. The van der Waals surface area contributed by atoms with Crippen LogP contribution < -0.4 is 5.32 Å². The molecule has 1 N–H and O–H groups in total. The highest BCUT2D eigenvalue weighted by Crippen LogP contribution is 2.18. The minimum absolute atomic E-state index is 0.0238. The number of nitrogens with one attached hydrogen (secondary N) is 1. The number of nitrogens with zero attached hydrogens (tertiary/aromatic N) is 2. The van der Waals surface area contributed by atoms with E-state index in [2.05, 4.69) is 10.3 Å².